The molecule has 2 aromatic rings. The van der Waals surface area contributed by atoms with E-state index in [4.69, 9.17) is 13.9 Å². The van der Waals surface area contributed by atoms with Crippen LogP contribution in [0.25, 0.3) is 0 Å². The van der Waals surface area contributed by atoms with Crippen molar-refractivity contribution in [3.8, 4) is 11.5 Å². The molecule has 0 saturated carbocycles. The van der Waals surface area contributed by atoms with Crippen molar-refractivity contribution in [3.63, 3.8) is 0 Å². The first-order valence-corrected chi connectivity index (χ1v) is 8.48. The lowest BCUT2D eigenvalue weighted by Gasteiger charge is -2.14. The molecule has 0 saturated heterocycles. The molecule has 0 unspecified atom stereocenters. The second-order valence-electron chi connectivity index (χ2n) is 4.88. The van der Waals surface area contributed by atoms with E-state index in [1.165, 1.54) is 0 Å². The van der Waals surface area contributed by atoms with E-state index in [0.717, 1.165) is 28.3 Å². The van der Waals surface area contributed by atoms with Gasteiger partial charge in [0.2, 0.25) is 0 Å². The van der Waals surface area contributed by atoms with E-state index < -0.39 is 0 Å². The van der Waals surface area contributed by atoms with Gasteiger partial charge in [-0.15, -0.1) is 24.0 Å². The largest absolute Gasteiger partial charge is 0.493 e. The molecule has 0 spiro atoms. The number of halogens is 2. The molecular formula is C17H23BrIN3O3. The van der Waals surface area contributed by atoms with E-state index in [0.29, 0.717) is 24.9 Å². The number of furan rings is 1. The van der Waals surface area contributed by atoms with Crippen LogP contribution in [0.1, 0.15) is 12.7 Å². The Hall–Kier alpha value is -1.42. The number of anilines is 1. The molecule has 6 nitrogen and oxygen atoms in total. The zero-order chi connectivity index (χ0) is 17.4. The summed E-state index contributed by atoms with van der Waals surface area (Å²) in [6, 6.07) is 9.50. The van der Waals surface area contributed by atoms with Crippen LogP contribution in [0.15, 0.2) is 44.4 Å². The molecule has 138 valence electrons. The van der Waals surface area contributed by atoms with Crippen molar-refractivity contribution in [1.29, 1.82) is 0 Å². The van der Waals surface area contributed by atoms with Gasteiger partial charge in [0.15, 0.2) is 22.1 Å². The third-order valence-corrected chi connectivity index (χ3v) is 3.67. The summed E-state index contributed by atoms with van der Waals surface area (Å²) in [5.74, 6) is 2.98. The highest BCUT2D eigenvalue weighted by Gasteiger charge is 2.07. The molecule has 0 aliphatic carbocycles. The number of benzene rings is 1. The number of ether oxygens (including phenoxy) is 2. The number of hydrogen-bond donors (Lipinski definition) is 2. The zero-order valence-electron chi connectivity index (χ0n) is 14.5. The van der Waals surface area contributed by atoms with Crippen molar-refractivity contribution in [2.45, 2.75) is 13.3 Å². The Balaban J connectivity index is 0.00000312. The summed E-state index contributed by atoms with van der Waals surface area (Å²) >= 11 is 3.30. The van der Waals surface area contributed by atoms with Gasteiger partial charge < -0.3 is 24.5 Å². The van der Waals surface area contributed by atoms with E-state index in [1.54, 1.807) is 14.2 Å². The number of aliphatic imine (C=N–C) groups is 1. The molecule has 2 rings (SSSR count). The minimum Gasteiger partial charge on any atom is -0.493 e. The molecular weight excluding hydrogens is 501 g/mol. The Morgan fingerprint density at radius 1 is 1.24 bits per heavy atom. The van der Waals surface area contributed by atoms with Crippen LogP contribution in [0, 0.1) is 0 Å². The lowest BCUT2D eigenvalue weighted by atomic mass is 10.2. The zero-order valence-corrected chi connectivity index (χ0v) is 18.4. The topological polar surface area (TPSA) is 68.0 Å². The number of guanidine groups is 1. The highest BCUT2D eigenvalue weighted by molar-refractivity contribution is 14.0. The van der Waals surface area contributed by atoms with Crippen LogP contribution >= 0.6 is 39.9 Å². The van der Waals surface area contributed by atoms with Crippen LogP contribution < -0.4 is 20.1 Å². The van der Waals surface area contributed by atoms with Gasteiger partial charge in [0.1, 0.15) is 5.76 Å². The van der Waals surface area contributed by atoms with Crippen molar-refractivity contribution in [1.82, 2.24) is 5.32 Å². The highest BCUT2D eigenvalue weighted by atomic mass is 127. The number of methoxy groups -OCH3 is 1. The monoisotopic (exact) mass is 523 g/mol. The van der Waals surface area contributed by atoms with Gasteiger partial charge in [-0.1, -0.05) is 0 Å². The Morgan fingerprint density at radius 3 is 2.64 bits per heavy atom. The maximum Gasteiger partial charge on any atom is 0.195 e. The Kier molecular flexibility index (Phi) is 9.73. The lowest BCUT2D eigenvalue weighted by Crippen LogP contribution is -2.32. The van der Waals surface area contributed by atoms with Gasteiger partial charge in [-0.05, 0) is 47.1 Å². The molecule has 1 heterocycles. The van der Waals surface area contributed by atoms with Gasteiger partial charge in [-0.2, -0.15) is 0 Å². The summed E-state index contributed by atoms with van der Waals surface area (Å²) in [6.07, 6.45) is 0.763. The fourth-order valence-electron chi connectivity index (χ4n) is 2.13. The average molecular weight is 524 g/mol. The number of nitrogens with zero attached hydrogens (tertiary/aromatic N) is 1. The predicted octanol–water partition coefficient (Wildman–Crippen LogP) is 4.30. The van der Waals surface area contributed by atoms with E-state index in [1.807, 2.05) is 37.3 Å². The average Bonchev–Trinajstić information content (AvgIpc) is 3.00. The molecule has 0 aliphatic heterocycles. The molecule has 0 amide bonds. The molecule has 0 aliphatic rings. The van der Waals surface area contributed by atoms with Crippen molar-refractivity contribution in [3.05, 3.63) is 40.8 Å². The summed E-state index contributed by atoms with van der Waals surface area (Å²) in [6.45, 7) is 3.23. The molecule has 1 aromatic heterocycles. The first kappa shape index (κ1) is 21.6. The first-order chi connectivity index (χ1) is 11.7. The molecule has 1 aromatic carbocycles. The van der Waals surface area contributed by atoms with Gasteiger partial charge in [-0.25, -0.2) is 0 Å². The van der Waals surface area contributed by atoms with Gasteiger partial charge in [0.25, 0.3) is 0 Å². The SMILES string of the molecule is CCOc1ccc(NC(=NC)NCCc2ccc(Br)o2)cc1OC.I. The Bertz CT molecular complexity index is 692. The van der Waals surface area contributed by atoms with E-state index >= 15 is 0 Å². The Labute approximate surface area is 173 Å². The maximum atomic E-state index is 5.52. The maximum absolute atomic E-state index is 5.52. The third-order valence-electron chi connectivity index (χ3n) is 3.24. The third kappa shape index (κ3) is 6.77. The summed E-state index contributed by atoms with van der Waals surface area (Å²) in [5, 5.41) is 6.47. The lowest BCUT2D eigenvalue weighted by molar-refractivity contribution is 0.311. The molecule has 0 bridgehead atoms. The minimum atomic E-state index is 0. The van der Waals surface area contributed by atoms with E-state index in [2.05, 4.69) is 31.6 Å². The molecule has 8 heteroatoms. The number of nitrogens with one attached hydrogen (secondary N) is 2. The molecule has 0 fully saturated rings. The van der Waals surface area contributed by atoms with Crippen LogP contribution in [-0.2, 0) is 6.42 Å². The summed E-state index contributed by atoms with van der Waals surface area (Å²) in [4.78, 5) is 4.22. The highest BCUT2D eigenvalue weighted by Crippen LogP contribution is 2.30. The van der Waals surface area contributed by atoms with Gasteiger partial charge in [-0.3, -0.25) is 4.99 Å². The van der Waals surface area contributed by atoms with Gasteiger partial charge in [0, 0.05) is 31.8 Å². The van der Waals surface area contributed by atoms with Crippen molar-refractivity contribution < 1.29 is 13.9 Å². The molecule has 0 radical (unpaired) electrons. The number of hydrogen-bond acceptors (Lipinski definition) is 4. The standard InChI is InChI=1S/C17H22BrN3O3.HI/c1-4-23-14-7-5-12(11-15(14)22-3)21-17(19-2)20-10-9-13-6-8-16(18)24-13;/h5-8,11H,4,9-10H2,1-3H3,(H2,19,20,21);1H. The van der Waals surface area contributed by atoms with Crippen LogP contribution in [0.5, 0.6) is 11.5 Å². The van der Waals surface area contributed by atoms with Gasteiger partial charge in [0.05, 0.1) is 13.7 Å². The summed E-state index contributed by atoms with van der Waals surface area (Å²) < 4.78 is 17.1. The minimum absolute atomic E-state index is 0. The fourth-order valence-corrected chi connectivity index (χ4v) is 2.47. The van der Waals surface area contributed by atoms with Crippen molar-refractivity contribution in [2.75, 3.05) is 32.6 Å². The van der Waals surface area contributed by atoms with Crippen LogP contribution in [0.4, 0.5) is 5.69 Å². The van der Waals surface area contributed by atoms with Gasteiger partial charge >= 0.3 is 0 Å². The Morgan fingerprint density at radius 2 is 2.04 bits per heavy atom. The van der Waals surface area contributed by atoms with E-state index in [9.17, 15) is 0 Å². The summed E-state index contributed by atoms with van der Waals surface area (Å²) in [7, 11) is 3.35. The van der Waals surface area contributed by atoms with Crippen molar-refractivity contribution >= 4 is 51.6 Å². The quantitative estimate of drug-likeness (QED) is 0.322. The smallest absolute Gasteiger partial charge is 0.195 e. The van der Waals surface area contributed by atoms with Crippen molar-refractivity contribution in [2.24, 2.45) is 4.99 Å². The second kappa shape index (κ2) is 11.2. The van der Waals surface area contributed by atoms with E-state index in [-0.39, 0.29) is 24.0 Å². The van der Waals surface area contributed by atoms with Crippen LogP contribution in [0.2, 0.25) is 0 Å². The van der Waals surface area contributed by atoms with Crippen LogP contribution in [0.3, 0.4) is 0 Å². The van der Waals surface area contributed by atoms with Crippen LogP contribution in [-0.4, -0.2) is 33.3 Å². The molecule has 0 atom stereocenters. The normalized spacial score (nSPS) is 10.8. The first-order valence-electron chi connectivity index (χ1n) is 7.69. The second-order valence-corrected chi connectivity index (χ2v) is 5.66. The molecule has 25 heavy (non-hydrogen) atoms. The fraction of sp³-hybridized carbons (Fsp3) is 0.353. The number of rotatable bonds is 7. The summed E-state index contributed by atoms with van der Waals surface area (Å²) in [5.41, 5.74) is 0.865. The molecule has 2 N–H and O–H groups in total. The predicted molar refractivity (Wildman–Crippen MR) is 115 cm³/mol.